The quantitative estimate of drug-likeness (QED) is 0.498. The number of aromatic nitrogens is 2. The molecular weight excluding hydrogens is 330 g/mol. The first-order chi connectivity index (χ1) is 12.3. The van der Waals surface area contributed by atoms with Gasteiger partial charge in [-0.05, 0) is 0 Å². The summed E-state index contributed by atoms with van der Waals surface area (Å²) in [5, 5.41) is 3.50. The zero-order chi connectivity index (χ0) is 17.5. The summed E-state index contributed by atoms with van der Waals surface area (Å²) in [6, 6.07) is 20.1. The SMILES string of the molecule is C=CCNC(=O)CSc1nc(-c2ccccc2)c(-c2ccccc2)[nH]1. The molecule has 0 bridgehead atoms. The molecule has 0 aliphatic rings. The number of carbonyl (C=O) groups excluding carboxylic acids is 1. The minimum absolute atomic E-state index is 0.0381. The Kier molecular flexibility index (Phi) is 5.69. The summed E-state index contributed by atoms with van der Waals surface area (Å²) in [4.78, 5) is 19.9. The Hall–Kier alpha value is -2.79. The van der Waals surface area contributed by atoms with Crippen molar-refractivity contribution in [3.63, 3.8) is 0 Å². The maximum atomic E-state index is 11.8. The number of aromatic amines is 1. The second kappa shape index (κ2) is 8.35. The molecule has 3 aromatic rings. The van der Waals surface area contributed by atoms with Crippen LogP contribution in [0.15, 0.2) is 78.5 Å². The van der Waals surface area contributed by atoms with Crippen LogP contribution in [0, 0.1) is 0 Å². The Morgan fingerprint density at radius 1 is 1.08 bits per heavy atom. The molecule has 2 N–H and O–H groups in total. The lowest BCUT2D eigenvalue weighted by molar-refractivity contribution is -0.118. The van der Waals surface area contributed by atoms with Crippen molar-refractivity contribution in [1.82, 2.24) is 15.3 Å². The van der Waals surface area contributed by atoms with E-state index in [1.807, 2.05) is 60.7 Å². The molecule has 0 atom stereocenters. The second-order valence-electron chi connectivity index (χ2n) is 5.38. The fourth-order valence-corrected chi connectivity index (χ4v) is 3.11. The van der Waals surface area contributed by atoms with E-state index >= 15 is 0 Å². The van der Waals surface area contributed by atoms with Crippen molar-refractivity contribution in [2.45, 2.75) is 5.16 Å². The van der Waals surface area contributed by atoms with Crippen LogP contribution in [0.5, 0.6) is 0 Å². The minimum atomic E-state index is -0.0381. The number of thioether (sulfide) groups is 1. The van der Waals surface area contributed by atoms with Crippen molar-refractivity contribution < 1.29 is 4.79 Å². The predicted octanol–water partition coefficient (Wildman–Crippen LogP) is 4.14. The standard InChI is InChI=1S/C20H19N3OS/c1-2-13-21-17(24)14-25-20-22-18(15-9-5-3-6-10-15)19(23-20)16-11-7-4-8-12-16/h2-12H,1,13-14H2,(H,21,24)(H,22,23). The van der Waals surface area contributed by atoms with E-state index in [-0.39, 0.29) is 5.91 Å². The number of rotatable bonds is 7. The predicted molar refractivity (Wildman–Crippen MR) is 103 cm³/mol. The number of carbonyl (C=O) groups is 1. The van der Waals surface area contributed by atoms with Gasteiger partial charge in [0.2, 0.25) is 5.91 Å². The Labute approximate surface area is 151 Å². The van der Waals surface area contributed by atoms with Gasteiger partial charge >= 0.3 is 0 Å². The number of nitrogens with one attached hydrogen (secondary N) is 2. The largest absolute Gasteiger partial charge is 0.352 e. The van der Waals surface area contributed by atoms with E-state index in [9.17, 15) is 4.79 Å². The fourth-order valence-electron chi connectivity index (χ4n) is 2.41. The van der Waals surface area contributed by atoms with Crippen LogP contribution in [0.2, 0.25) is 0 Å². The van der Waals surface area contributed by atoms with Gasteiger partial charge in [-0.1, -0.05) is 78.5 Å². The molecule has 5 heteroatoms. The van der Waals surface area contributed by atoms with Gasteiger partial charge in [-0.2, -0.15) is 0 Å². The molecule has 2 aromatic carbocycles. The number of benzene rings is 2. The molecule has 1 amide bonds. The summed E-state index contributed by atoms with van der Waals surface area (Å²) in [7, 11) is 0. The number of imidazole rings is 1. The smallest absolute Gasteiger partial charge is 0.230 e. The highest BCUT2D eigenvalue weighted by atomic mass is 32.2. The molecule has 0 saturated carbocycles. The van der Waals surface area contributed by atoms with Crippen molar-refractivity contribution in [3.8, 4) is 22.5 Å². The average molecular weight is 349 g/mol. The monoisotopic (exact) mass is 349 g/mol. The maximum absolute atomic E-state index is 11.8. The van der Waals surface area contributed by atoms with E-state index in [1.165, 1.54) is 11.8 Å². The van der Waals surface area contributed by atoms with E-state index in [2.05, 4.69) is 16.9 Å². The lowest BCUT2D eigenvalue weighted by atomic mass is 10.1. The highest BCUT2D eigenvalue weighted by molar-refractivity contribution is 7.99. The topological polar surface area (TPSA) is 57.8 Å². The number of hydrogen-bond donors (Lipinski definition) is 2. The van der Waals surface area contributed by atoms with Gasteiger partial charge in [0.25, 0.3) is 0 Å². The van der Waals surface area contributed by atoms with E-state index < -0.39 is 0 Å². The summed E-state index contributed by atoms with van der Waals surface area (Å²) < 4.78 is 0. The molecule has 0 radical (unpaired) electrons. The van der Waals surface area contributed by atoms with Gasteiger partial charge in [-0.25, -0.2) is 4.98 Å². The third kappa shape index (κ3) is 4.39. The van der Waals surface area contributed by atoms with Crippen LogP contribution < -0.4 is 5.32 Å². The van der Waals surface area contributed by atoms with Gasteiger partial charge in [0.15, 0.2) is 5.16 Å². The van der Waals surface area contributed by atoms with Crippen LogP contribution in [0.4, 0.5) is 0 Å². The number of amides is 1. The summed E-state index contributed by atoms with van der Waals surface area (Å²) in [6.45, 7) is 4.07. The zero-order valence-electron chi connectivity index (χ0n) is 13.7. The van der Waals surface area contributed by atoms with Crippen molar-refractivity contribution in [2.24, 2.45) is 0 Å². The third-order valence-electron chi connectivity index (χ3n) is 3.58. The summed E-state index contributed by atoms with van der Waals surface area (Å²) in [5.41, 5.74) is 3.96. The van der Waals surface area contributed by atoms with Gasteiger partial charge in [0.1, 0.15) is 0 Å². The molecule has 1 aromatic heterocycles. The van der Waals surface area contributed by atoms with Crippen LogP contribution in [0.3, 0.4) is 0 Å². The molecule has 25 heavy (non-hydrogen) atoms. The average Bonchev–Trinajstić information content (AvgIpc) is 3.10. The zero-order valence-corrected chi connectivity index (χ0v) is 14.6. The summed E-state index contributed by atoms with van der Waals surface area (Å²) >= 11 is 1.39. The highest BCUT2D eigenvalue weighted by Gasteiger charge is 2.15. The van der Waals surface area contributed by atoms with E-state index in [0.717, 1.165) is 27.7 Å². The van der Waals surface area contributed by atoms with Crippen LogP contribution in [-0.4, -0.2) is 28.2 Å². The number of H-pyrrole nitrogens is 1. The van der Waals surface area contributed by atoms with Gasteiger partial charge < -0.3 is 10.3 Å². The first kappa shape index (κ1) is 17.0. The third-order valence-corrected chi connectivity index (χ3v) is 4.45. The molecule has 0 aliphatic heterocycles. The summed E-state index contributed by atoms with van der Waals surface area (Å²) in [6.07, 6.45) is 1.66. The Bertz CT molecular complexity index is 787. The van der Waals surface area contributed by atoms with Crippen LogP contribution in [-0.2, 0) is 4.79 Å². The molecule has 4 nitrogen and oxygen atoms in total. The van der Waals surface area contributed by atoms with E-state index in [1.54, 1.807) is 6.08 Å². The van der Waals surface area contributed by atoms with Crippen LogP contribution >= 0.6 is 11.8 Å². The molecule has 0 fully saturated rings. The number of hydrogen-bond acceptors (Lipinski definition) is 3. The highest BCUT2D eigenvalue weighted by Crippen LogP contribution is 2.32. The molecule has 1 heterocycles. The maximum Gasteiger partial charge on any atom is 0.230 e. The minimum Gasteiger partial charge on any atom is -0.352 e. The van der Waals surface area contributed by atoms with Crippen molar-refractivity contribution >= 4 is 17.7 Å². The molecule has 0 unspecified atom stereocenters. The van der Waals surface area contributed by atoms with Crippen LogP contribution in [0.1, 0.15) is 0 Å². The van der Waals surface area contributed by atoms with Gasteiger partial charge in [-0.3, -0.25) is 4.79 Å². The lowest BCUT2D eigenvalue weighted by Crippen LogP contribution is -2.24. The first-order valence-corrected chi connectivity index (χ1v) is 8.97. The first-order valence-electron chi connectivity index (χ1n) is 7.99. The molecule has 0 saturated heterocycles. The molecule has 0 aliphatic carbocycles. The molecule has 126 valence electrons. The van der Waals surface area contributed by atoms with Crippen molar-refractivity contribution in [1.29, 1.82) is 0 Å². The van der Waals surface area contributed by atoms with Crippen LogP contribution in [0.25, 0.3) is 22.5 Å². The Balaban J connectivity index is 1.87. The number of nitrogens with zero attached hydrogens (tertiary/aromatic N) is 1. The van der Waals surface area contributed by atoms with Gasteiger partial charge in [0.05, 0.1) is 17.1 Å². The Morgan fingerprint density at radius 2 is 1.72 bits per heavy atom. The van der Waals surface area contributed by atoms with Crippen molar-refractivity contribution in [2.75, 3.05) is 12.3 Å². The summed E-state index contributed by atoms with van der Waals surface area (Å²) in [5.74, 6) is 0.271. The van der Waals surface area contributed by atoms with E-state index in [4.69, 9.17) is 4.98 Å². The van der Waals surface area contributed by atoms with Gasteiger partial charge in [0, 0.05) is 17.7 Å². The molecule has 3 rings (SSSR count). The molecule has 0 spiro atoms. The molecular formula is C20H19N3OS. The van der Waals surface area contributed by atoms with Crippen molar-refractivity contribution in [3.05, 3.63) is 73.3 Å². The van der Waals surface area contributed by atoms with Gasteiger partial charge in [-0.15, -0.1) is 6.58 Å². The lowest BCUT2D eigenvalue weighted by Gasteiger charge is -2.02. The fraction of sp³-hybridized carbons (Fsp3) is 0.100. The normalized spacial score (nSPS) is 10.4. The van der Waals surface area contributed by atoms with E-state index in [0.29, 0.717) is 12.3 Å². The second-order valence-corrected chi connectivity index (χ2v) is 6.34. The Morgan fingerprint density at radius 3 is 2.36 bits per heavy atom.